The number of benzene rings is 1. The fraction of sp³-hybridized carbons (Fsp3) is 0.500. The number of nitrogens with one attached hydrogen (secondary N) is 1. The van der Waals surface area contributed by atoms with E-state index < -0.39 is 0 Å². The molecule has 0 radical (unpaired) electrons. The van der Waals surface area contributed by atoms with Gasteiger partial charge in [-0.15, -0.1) is 11.8 Å². The molecular formula is C14H22N2OS. The van der Waals surface area contributed by atoms with Crippen LogP contribution in [-0.4, -0.2) is 37.2 Å². The van der Waals surface area contributed by atoms with Crippen LogP contribution in [0.3, 0.4) is 0 Å². The van der Waals surface area contributed by atoms with Gasteiger partial charge in [-0.3, -0.25) is 4.79 Å². The van der Waals surface area contributed by atoms with Crippen molar-refractivity contribution >= 4 is 17.7 Å². The highest BCUT2D eigenvalue weighted by Crippen LogP contribution is 2.21. The molecule has 0 fully saturated rings. The van der Waals surface area contributed by atoms with E-state index in [9.17, 15) is 4.79 Å². The van der Waals surface area contributed by atoms with E-state index in [0.717, 1.165) is 11.4 Å². The van der Waals surface area contributed by atoms with Gasteiger partial charge >= 0.3 is 0 Å². The first-order valence-electron chi connectivity index (χ1n) is 6.22. The number of hydrogen-bond donors (Lipinski definition) is 1. The zero-order valence-electron chi connectivity index (χ0n) is 11.6. The molecule has 0 saturated carbocycles. The number of carbonyl (C=O) groups is 1. The first-order valence-corrected chi connectivity index (χ1v) is 7.21. The highest BCUT2D eigenvalue weighted by atomic mass is 32.2. The number of hydrogen-bond acceptors (Lipinski definition) is 3. The van der Waals surface area contributed by atoms with Crippen LogP contribution in [-0.2, 0) is 4.79 Å². The van der Waals surface area contributed by atoms with Crippen LogP contribution < -0.4 is 5.32 Å². The van der Waals surface area contributed by atoms with Crippen LogP contribution >= 0.6 is 11.8 Å². The third-order valence-electron chi connectivity index (χ3n) is 3.08. The van der Waals surface area contributed by atoms with Crippen LogP contribution in [0.2, 0.25) is 0 Å². The van der Waals surface area contributed by atoms with Gasteiger partial charge in [-0.05, 0) is 38.6 Å². The maximum Gasteiger partial charge on any atom is 0.232 e. The molecule has 100 valence electrons. The van der Waals surface area contributed by atoms with Gasteiger partial charge in [-0.2, -0.15) is 0 Å². The van der Waals surface area contributed by atoms with Crippen molar-refractivity contribution in [2.45, 2.75) is 24.8 Å². The molecule has 1 unspecified atom stereocenters. The average Bonchev–Trinajstić information content (AvgIpc) is 2.43. The lowest BCUT2D eigenvalue weighted by Crippen LogP contribution is -2.27. The van der Waals surface area contributed by atoms with Crippen molar-refractivity contribution in [3.63, 3.8) is 0 Å². The monoisotopic (exact) mass is 266 g/mol. The van der Waals surface area contributed by atoms with E-state index in [1.165, 1.54) is 5.56 Å². The normalized spacial score (nSPS) is 12.2. The Morgan fingerprint density at radius 1 is 1.39 bits per heavy atom. The molecule has 0 aliphatic heterocycles. The lowest BCUT2D eigenvalue weighted by molar-refractivity contribution is -0.126. The number of thioether (sulfide) groups is 1. The molecule has 1 amide bonds. The van der Waals surface area contributed by atoms with Gasteiger partial charge in [0.1, 0.15) is 0 Å². The minimum atomic E-state index is 0.176. The van der Waals surface area contributed by atoms with Crippen LogP contribution in [0.25, 0.3) is 0 Å². The molecule has 0 bridgehead atoms. The highest BCUT2D eigenvalue weighted by molar-refractivity contribution is 8.00. The van der Waals surface area contributed by atoms with E-state index in [-0.39, 0.29) is 5.91 Å². The number of amides is 1. The van der Waals surface area contributed by atoms with Crippen molar-refractivity contribution in [3.8, 4) is 0 Å². The number of carbonyl (C=O) groups excluding carboxylic acids is 1. The Hall–Kier alpha value is -1.00. The second kappa shape index (κ2) is 7.44. The van der Waals surface area contributed by atoms with Gasteiger partial charge in [-0.25, -0.2) is 0 Å². The Bertz CT molecular complexity index is 378. The van der Waals surface area contributed by atoms with E-state index in [1.54, 1.807) is 16.7 Å². The molecule has 0 aliphatic rings. The largest absolute Gasteiger partial charge is 0.345 e. The van der Waals surface area contributed by atoms with Crippen molar-refractivity contribution in [2.75, 3.05) is 26.4 Å². The van der Waals surface area contributed by atoms with Gasteiger partial charge in [0.05, 0.1) is 5.75 Å². The van der Waals surface area contributed by atoms with E-state index in [0.29, 0.717) is 11.8 Å². The lowest BCUT2D eigenvalue weighted by Gasteiger charge is -2.14. The summed E-state index contributed by atoms with van der Waals surface area (Å²) in [5, 5.41) is 3.21. The van der Waals surface area contributed by atoms with Crippen molar-refractivity contribution < 1.29 is 4.79 Å². The average molecular weight is 266 g/mol. The van der Waals surface area contributed by atoms with Crippen LogP contribution in [0.15, 0.2) is 29.2 Å². The molecule has 0 aromatic heterocycles. The summed E-state index contributed by atoms with van der Waals surface area (Å²) in [5.74, 6) is 0.681. The predicted molar refractivity (Wildman–Crippen MR) is 78.0 cm³/mol. The summed E-state index contributed by atoms with van der Waals surface area (Å²) in [6, 6.07) is 8.73. The highest BCUT2D eigenvalue weighted by Gasteiger charge is 2.07. The second-order valence-corrected chi connectivity index (χ2v) is 5.32. The van der Waals surface area contributed by atoms with Gasteiger partial charge in [0.2, 0.25) is 5.91 Å². The molecule has 3 nitrogen and oxygen atoms in total. The molecule has 18 heavy (non-hydrogen) atoms. The van der Waals surface area contributed by atoms with Crippen molar-refractivity contribution in [1.29, 1.82) is 0 Å². The third kappa shape index (κ3) is 4.35. The molecule has 0 heterocycles. The summed E-state index contributed by atoms with van der Waals surface area (Å²) in [7, 11) is 3.78. The van der Waals surface area contributed by atoms with Crippen LogP contribution in [0, 0.1) is 0 Å². The maximum absolute atomic E-state index is 11.7. The van der Waals surface area contributed by atoms with Crippen LogP contribution in [0.4, 0.5) is 0 Å². The Kier molecular flexibility index (Phi) is 6.22. The minimum absolute atomic E-state index is 0.176. The Labute approximate surface area is 114 Å². The van der Waals surface area contributed by atoms with Crippen LogP contribution in [0.5, 0.6) is 0 Å². The summed E-state index contributed by atoms with van der Waals surface area (Å²) in [5.41, 5.74) is 1.26. The third-order valence-corrected chi connectivity index (χ3v) is 4.07. The number of rotatable bonds is 6. The Morgan fingerprint density at radius 3 is 2.50 bits per heavy atom. The maximum atomic E-state index is 11.7. The predicted octanol–water partition coefficient (Wildman–Crippen LogP) is 2.54. The second-order valence-electron chi connectivity index (χ2n) is 4.28. The zero-order chi connectivity index (χ0) is 13.5. The topological polar surface area (TPSA) is 32.3 Å². The molecule has 1 rings (SSSR count). The number of nitrogens with zero attached hydrogens (tertiary/aromatic N) is 1. The summed E-state index contributed by atoms with van der Waals surface area (Å²) in [6.07, 6.45) is 0. The van der Waals surface area contributed by atoms with E-state index in [1.807, 2.05) is 21.0 Å². The molecule has 1 N–H and O–H groups in total. The molecule has 0 saturated heterocycles. The van der Waals surface area contributed by atoms with Crippen molar-refractivity contribution in [3.05, 3.63) is 29.8 Å². The quantitative estimate of drug-likeness (QED) is 0.803. The lowest BCUT2D eigenvalue weighted by atomic mass is 10.1. The Morgan fingerprint density at radius 2 is 2.00 bits per heavy atom. The molecule has 1 aromatic carbocycles. The Balaban J connectivity index is 2.51. The summed E-state index contributed by atoms with van der Waals surface area (Å²) in [4.78, 5) is 14.5. The fourth-order valence-electron chi connectivity index (χ4n) is 1.45. The van der Waals surface area contributed by atoms with Gasteiger partial charge in [-0.1, -0.05) is 12.1 Å². The van der Waals surface area contributed by atoms with Gasteiger partial charge in [0.15, 0.2) is 0 Å². The minimum Gasteiger partial charge on any atom is -0.345 e. The van der Waals surface area contributed by atoms with Gasteiger partial charge in [0, 0.05) is 24.5 Å². The van der Waals surface area contributed by atoms with Crippen LogP contribution in [0.1, 0.15) is 25.5 Å². The summed E-state index contributed by atoms with van der Waals surface area (Å²) < 4.78 is 0. The first kappa shape index (κ1) is 15.1. The van der Waals surface area contributed by atoms with E-state index >= 15 is 0 Å². The molecular weight excluding hydrogens is 244 g/mol. The molecule has 0 spiro atoms. The van der Waals surface area contributed by atoms with Gasteiger partial charge < -0.3 is 10.2 Å². The smallest absolute Gasteiger partial charge is 0.232 e. The summed E-state index contributed by atoms with van der Waals surface area (Å²) in [6.45, 7) is 4.87. The summed E-state index contributed by atoms with van der Waals surface area (Å²) >= 11 is 1.59. The fourth-order valence-corrected chi connectivity index (χ4v) is 2.29. The molecule has 1 aromatic rings. The molecule has 1 atom stereocenters. The first-order chi connectivity index (χ1) is 8.58. The van der Waals surface area contributed by atoms with E-state index in [2.05, 4.69) is 36.5 Å². The van der Waals surface area contributed by atoms with E-state index in [4.69, 9.17) is 0 Å². The zero-order valence-corrected chi connectivity index (χ0v) is 12.4. The molecule has 0 aliphatic carbocycles. The molecule has 4 heteroatoms. The standard InChI is InChI=1S/C14H22N2OS/c1-5-16(4)14(17)10-18-13-8-6-12(7-9-13)11(2)15-3/h6-9,11,15H,5,10H2,1-4H3. The SMILES string of the molecule is CCN(C)C(=O)CSc1ccc(C(C)NC)cc1. The van der Waals surface area contributed by atoms with Crippen molar-refractivity contribution in [2.24, 2.45) is 0 Å². The van der Waals surface area contributed by atoms with Crippen molar-refractivity contribution in [1.82, 2.24) is 10.2 Å². The van der Waals surface area contributed by atoms with Gasteiger partial charge in [0.25, 0.3) is 0 Å².